The Bertz CT molecular complexity index is 672. The van der Waals surface area contributed by atoms with Crippen molar-refractivity contribution in [3.8, 4) is 0 Å². The van der Waals surface area contributed by atoms with E-state index >= 15 is 0 Å². The summed E-state index contributed by atoms with van der Waals surface area (Å²) in [5, 5.41) is 16.8. The Labute approximate surface area is 132 Å². The minimum absolute atomic E-state index is 0.0849. The monoisotopic (exact) mass is 317 g/mol. The van der Waals surface area contributed by atoms with E-state index in [-0.39, 0.29) is 11.4 Å². The first kappa shape index (κ1) is 13.9. The van der Waals surface area contributed by atoms with Gasteiger partial charge in [0.05, 0.1) is 5.54 Å². The number of thiazole rings is 1. The molecule has 1 aliphatic carbocycles. The van der Waals surface area contributed by atoms with Gasteiger partial charge in [-0.25, -0.2) is 4.98 Å². The summed E-state index contributed by atoms with van der Waals surface area (Å²) in [7, 11) is 0. The van der Waals surface area contributed by atoms with E-state index in [0.717, 1.165) is 54.9 Å². The molecule has 0 saturated heterocycles. The average molecular weight is 317 g/mol. The highest BCUT2D eigenvalue weighted by Crippen LogP contribution is 2.39. The van der Waals surface area contributed by atoms with Crippen LogP contribution in [0, 0.1) is 0 Å². The summed E-state index contributed by atoms with van der Waals surface area (Å²) in [6.07, 6.45) is 6.87. The van der Waals surface area contributed by atoms with Crippen molar-refractivity contribution in [2.24, 2.45) is 0 Å². The number of aromatic amines is 1. The topological polar surface area (TPSA) is 82.7 Å². The van der Waals surface area contributed by atoms with E-state index in [1.807, 2.05) is 11.6 Å². The third-order valence-electron chi connectivity index (χ3n) is 4.67. The molecule has 0 aromatic carbocycles. The minimum atomic E-state index is -0.306. The number of aromatic nitrogens is 3. The number of amides is 1. The molecule has 3 heterocycles. The van der Waals surface area contributed by atoms with Crippen molar-refractivity contribution in [2.45, 2.75) is 44.2 Å². The fraction of sp³-hybridized carbons (Fsp3) is 0.533. The van der Waals surface area contributed by atoms with Gasteiger partial charge in [0.1, 0.15) is 5.01 Å². The lowest BCUT2D eigenvalue weighted by Crippen LogP contribution is -2.44. The van der Waals surface area contributed by atoms with Crippen molar-refractivity contribution in [1.29, 1.82) is 0 Å². The van der Waals surface area contributed by atoms with Crippen LogP contribution in [0.2, 0.25) is 0 Å². The lowest BCUT2D eigenvalue weighted by Gasteiger charge is -2.28. The van der Waals surface area contributed by atoms with Gasteiger partial charge in [-0.3, -0.25) is 9.89 Å². The average Bonchev–Trinajstić information content (AvgIpc) is 3.27. The maximum absolute atomic E-state index is 12.8. The zero-order chi connectivity index (χ0) is 15.0. The molecule has 0 atom stereocenters. The number of hydrogen-bond donors (Lipinski definition) is 3. The van der Waals surface area contributed by atoms with Crippen LogP contribution in [0.25, 0.3) is 0 Å². The summed E-state index contributed by atoms with van der Waals surface area (Å²) in [4.78, 5) is 17.2. The van der Waals surface area contributed by atoms with E-state index in [4.69, 9.17) is 0 Å². The quantitative estimate of drug-likeness (QED) is 0.805. The van der Waals surface area contributed by atoms with Gasteiger partial charge in [-0.15, -0.1) is 11.3 Å². The summed E-state index contributed by atoms with van der Waals surface area (Å²) in [5.41, 5.74) is 2.32. The molecule has 0 spiro atoms. The predicted molar refractivity (Wildman–Crippen MR) is 83.7 cm³/mol. The SMILES string of the molecule is O=C(NC1(c2nccs2)CCCC1)c1n[nH]c2c1CNCC2. The van der Waals surface area contributed by atoms with Crippen LogP contribution < -0.4 is 10.6 Å². The number of fused-ring (bicyclic) bond motifs is 1. The number of H-pyrrole nitrogens is 1. The molecule has 2 aromatic heterocycles. The van der Waals surface area contributed by atoms with E-state index in [1.165, 1.54) is 0 Å². The van der Waals surface area contributed by atoms with E-state index in [0.29, 0.717) is 12.2 Å². The molecule has 1 amide bonds. The Kier molecular flexibility index (Phi) is 3.46. The Morgan fingerprint density at radius 1 is 1.36 bits per heavy atom. The first-order valence-electron chi connectivity index (χ1n) is 7.78. The smallest absolute Gasteiger partial charge is 0.272 e. The standard InChI is InChI=1S/C15H19N5OS/c21-13(12-10-9-16-6-3-11(10)19-20-12)18-15(4-1-2-5-15)14-17-7-8-22-14/h7-8,16H,1-6,9H2,(H,18,21)(H,19,20). The number of carbonyl (C=O) groups is 1. The third-order valence-corrected chi connectivity index (χ3v) is 5.65. The molecule has 2 aliphatic rings. The van der Waals surface area contributed by atoms with Crippen LogP contribution in [0.3, 0.4) is 0 Å². The largest absolute Gasteiger partial charge is 0.339 e. The molecule has 22 heavy (non-hydrogen) atoms. The van der Waals surface area contributed by atoms with Crippen molar-refractivity contribution in [2.75, 3.05) is 6.54 Å². The molecule has 0 unspecified atom stereocenters. The van der Waals surface area contributed by atoms with E-state index in [1.54, 1.807) is 11.3 Å². The normalized spacial score (nSPS) is 19.8. The minimum Gasteiger partial charge on any atom is -0.339 e. The molecule has 0 bridgehead atoms. The van der Waals surface area contributed by atoms with Gasteiger partial charge in [0.25, 0.3) is 5.91 Å². The number of nitrogens with one attached hydrogen (secondary N) is 3. The molecule has 3 N–H and O–H groups in total. The number of rotatable bonds is 3. The van der Waals surface area contributed by atoms with Gasteiger partial charge in [0.2, 0.25) is 0 Å². The summed E-state index contributed by atoms with van der Waals surface area (Å²) in [6, 6.07) is 0. The van der Waals surface area contributed by atoms with Crippen molar-refractivity contribution < 1.29 is 4.79 Å². The van der Waals surface area contributed by atoms with Gasteiger partial charge in [-0.2, -0.15) is 5.10 Å². The second-order valence-electron chi connectivity index (χ2n) is 6.04. The third kappa shape index (κ3) is 2.24. The van der Waals surface area contributed by atoms with E-state index in [2.05, 4.69) is 25.8 Å². The van der Waals surface area contributed by atoms with Crippen molar-refractivity contribution in [3.05, 3.63) is 33.5 Å². The first-order valence-corrected chi connectivity index (χ1v) is 8.66. The van der Waals surface area contributed by atoms with E-state index in [9.17, 15) is 4.79 Å². The van der Waals surface area contributed by atoms with Gasteiger partial charge in [-0.1, -0.05) is 12.8 Å². The maximum Gasteiger partial charge on any atom is 0.272 e. The molecular weight excluding hydrogens is 298 g/mol. The maximum atomic E-state index is 12.8. The number of hydrogen-bond acceptors (Lipinski definition) is 5. The van der Waals surface area contributed by atoms with Crippen molar-refractivity contribution >= 4 is 17.2 Å². The summed E-state index contributed by atoms with van der Waals surface area (Å²) in [6.45, 7) is 1.64. The summed E-state index contributed by atoms with van der Waals surface area (Å²) < 4.78 is 0. The zero-order valence-corrected chi connectivity index (χ0v) is 13.1. The molecule has 1 aliphatic heterocycles. The molecule has 7 heteroatoms. The first-order chi connectivity index (χ1) is 10.8. The van der Waals surface area contributed by atoms with Gasteiger partial charge in [-0.05, 0) is 12.8 Å². The zero-order valence-electron chi connectivity index (χ0n) is 12.3. The second-order valence-corrected chi connectivity index (χ2v) is 6.93. The highest BCUT2D eigenvalue weighted by Gasteiger charge is 2.40. The van der Waals surface area contributed by atoms with Gasteiger partial charge in [0, 0.05) is 42.3 Å². The van der Waals surface area contributed by atoms with Gasteiger partial charge in [0.15, 0.2) is 5.69 Å². The summed E-state index contributed by atoms with van der Waals surface area (Å²) in [5.74, 6) is -0.0849. The van der Waals surface area contributed by atoms with Crippen LogP contribution in [0.15, 0.2) is 11.6 Å². The number of nitrogens with zero attached hydrogens (tertiary/aromatic N) is 2. The fourth-order valence-electron chi connectivity index (χ4n) is 3.52. The molecule has 2 aromatic rings. The molecule has 1 saturated carbocycles. The van der Waals surface area contributed by atoms with Crippen LogP contribution in [0.5, 0.6) is 0 Å². The van der Waals surface area contributed by atoms with Gasteiger partial charge < -0.3 is 10.6 Å². The lowest BCUT2D eigenvalue weighted by atomic mass is 9.97. The predicted octanol–water partition coefficient (Wildman–Crippen LogP) is 1.71. The number of carbonyl (C=O) groups excluding carboxylic acids is 1. The van der Waals surface area contributed by atoms with Gasteiger partial charge >= 0.3 is 0 Å². The van der Waals surface area contributed by atoms with Crippen LogP contribution in [0.4, 0.5) is 0 Å². The van der Waals surface area contributed by atoms with Crippen molar-refractivity contribution in [1.82, 2.24) is 25.8 Å². The molecule has 6 nitrogen and oxygen atoms in total. The van der Waals surface area contributed by atoms with Crippen LogP contribution in [0.1, 0.15) is 52.4 Å². The molecular formula is C15H19N5OS. The highest BCUT2D eigenvalue weighted by molar-refractivity contribution is 7.09. The summed E-state index contributed by atoms with van der Waals surface area (Å²) >= 11 is 1.62. The van der Waals surface area contributed by atoms with E-state index < -0.39 is 0 Å². The molecule has 4 rings (SSSR count). The fourth-order valence-corrected chi connectivity index (χ4v) is 4.37. The molecule has 1 fully saturated rings. The Hall–Kier alpha value is -1.73. The van der Waals surface area contributed by atoms with Crippen LogP contribution in [-0.2, 0) is 18.5 Å². The Morgan fingerprint density at radius 3 is 3.00 bits per heavy atom. The van der Waals surface area contributed by atoms with Crippen LogP contribution in [-0.4, -0.2) is 27.6 Å². The van der Waals surface area contributed by atoms with Crippen LogP contribution >= 0.6 is 11.3 Å². The lowest BCUT2D eigenvalue weighted by molar-refractivity contribution is 0.0891. The highest BCUT2D eigenvalue weighted by atomic mass is 32.1. The molecule has 0 radical (unpaired) electrons. The van der Waals surface area contributed by atoms with Crippen molar-refractivity contribution in [3.63, 3.8) is 0 Å². The second kappa shape index (κ2) is 5.48. The Balaban J connectivity index is 1.62. The molecule has 116 valence electrons. The Morgan fingerprint density at radius 2 is 2.23 bits per heavy atom.